The number of alkyl halides is 1. The zero-order valence-corrected chi connectivity index (χ0v) is 14.0. The monoisotopic (exact) mass is 350 g/mol. The van der Waals surface area contributed by atoms with Crippen LogP contribution in [-0.2, 0) is 14.2 Å². The van der Waals surface area contributed by atoms with Gasteiger partial charge in [0.1, 0.15) is 6.61 Å². The molecule has 0 amide bonds. The Balaban J connectivity index is 3.44. The average Bonchev–Trinajstić information content (AvgIpc) is 2.47. The molecule has 0 rings (SSSR count). The van der Waals surface area contributed by atoms with Crippen molar-refractivity contribution in [2.75, 3.05) is 38.4 Å². The number of aliphatic hydroxyl groups excluding tert-OH is 1. The maximum atomic E-state index is 8.61. The Morgan fingerprint density at radius 1 is 1.05 bits per heavy atom. The third-order valence-electron chi connectivity index (χ3n) is 2.48. The molecule has 1 N–H and O–H groups in total. The van der Waals surface area contributed by atoms with Crippen LogP contribution >= 0.6 is 15.9 Å². The van der Waals surface area contributed by atoms with Crippen LogP contribution in [0.3, 0.4) is 0 Å². The quantitative estimate of drug-likeness (QED) is 0.240. The van der Waals surface area contributed by atoms with Gasteiger partial charge < -0.3 is 19.3 Å². The predicted molar refractivity (Wildman–Crippen MR) is 83.9 cm³/mol. The van der Waals surface area contributed by atoms with E-state index in [1.165, 1.54) is 6.42 Å². The molecule has 118 valence electrons. The molecule has 0 radical (unpaired) electrons. The van der Waals surface area contributed by atoms with Crippen LogP contribution < -0.4 is 0 Å². The van der Waals surface area contributed by atoms with E-state index in [0.717, 1.165) is 25.7 Å². The molecule has 0 aliphatic heterocycles. The van der Waals surface area contributed by atoms with Crippen LogP contribution in [0.5, 0.6) is 0 Å². The minimum Gasteiger partial charge on any atom is -0.396 e. The van der Waals surface area contributed by atoms with Crippen LogP contribution in [0.15, 0.2) is 0 Å². The summed E-state index contributed by atoms with van der Waals surface area (Å²) in [5.41, 5.74) is 0. The third kappa shape index (κ3) is 14.3. The van der Waals surface area contributed by atoms with E-state index < -0.39 is 0 Å². The second-order valence-corrected chi connectivity index (χ2v) is 4.91. The van der Waals surface area contributed by atoms with Gasteiger partial charge in [-0.15, -0.1) is 5.92 Å². The minimum atomic E-state index is -0.281. The van der Waals surface area contributed by atoms with E-state index in [9.17, 15) is 0 Å². The predicted octanol–water partition coefficient (Wildman–Crippen LogP) is 2.72. The van der Waals surface area contributed by atoms with Crippen LogP contribution in [-0.4, -0.2) is 49.8 Å². The molecule has 0 fully saturated rings. The van der Waals surface area contributed by atoms with Gasteiger partial charge in [-0.3, -0.25) is 0 Å². The standard InChI is InChI=1S/C15H27BrO4/c1-2-3-4-5-7-11-19-15(14-16)20-13-12-18-10-8-6-9-17/h15,17H,2-4,6,8-14H2,1H3. The van der Waals surface area contributed by atoms with Crippen molar-refractivity contribution in [3.05, 3.63) is 0 Å². The molecule has 0 heterocycles. The highest BCUT2D eigenvalue weighted by molar-refractivity contribution is 9.09. The summed E-state index contributed by atoms with van der Waals surface area (Å²) in [6.07, 6.45) is 4.62. The fourth-order valence-electron chi connectivity index (χ4n) is 1.33. The van der Waals surface area contributed by atoms with E-state index in [1.54, 1.807) is 0 Å². The molecular weight excluding hydrogens is 324 g/mol. The maximum Gasteiger partial charge on any atom is 0.168 e. The number of aliphatic hydroxyl groups is 1. The minimum absolute atomic E-state index is 0.221. The molecule has 4 nitrogen and oxygen atoms in total. The molecule has 0 aromatic rings. The van der Waals surface area contributed by atoms with Gasteiger partial charge in [0.05, 0.1) is 18.5 Å². The average molecular weight is 351 g/mol. The highest BCUT2D eigenvalue weighted by Crippen LogP contribution is 2.00. The van der Waals surface area contributed by atoms with Gasteiger partial charge in [-0.2, -0.15) is 0 Å². The normalized spacial score (nSPS) is 11.9. The molecule has 0 saturated carbocycles. The molecule has 0 bridgehead atoms. The lowest BCUT2D eigenvalue weighted by atomic mass is 10.2. The van der Waals surface area contributed by atoms with Crippen molar-refractivity contribution >= 4 is 15.9 Å². The molecular formula is C15H27BrO4. The number of hydrogen-bond acceptors (Lipinski definition) is 4. The Bertz CT molecular complexity index is 250. The number of hydrogen-bond donors (Lipinski definition) is 1. The first-order chi connectivity index (χ1) is 9.85. The summed E-state index contributed by atoms with van der Waals surface area (Å²) in [7, 11) is 0. The summed E-state index contributed by atoms with van der Waals surface area (Å²) >= 11 is 3.35. The summed E-state index contributed by atoms with van der Waals surface area (Å²) < 4.78 is 16.4. The van der Waals surface area contributed by atoms with Crippen LogP contribution in [0.1, 0.15) is 39.0 Å². The van der Waals surface area contributed by atoms with Gasteiger partial charge in [-0.25, -0.2) is 0 Å². The van der Waals surface area contributed by atoms with Gasteiger partial charge in [0.2, 0.25) is 0 Å². The molecule has 0 aliphatic rings. The molecule has 1 atom stereocenters. The van der Waals surface area contributed by atoms with E-state index in [4.69, 9.17) is 19.3 Å². The first kappa shape index (κ1) is 19.9. The Morgan fingerprint density at radius 3 is 2.60 bits per heavy atom. The second-order valence-electron chi connectivity index (χ2n) is 4.27. The van der Waals surface area contributed by atoms with Crippen LogP contribution in [0.4, 0.5) is 0 Å². The zero-order valence-electron chi connectivity index (χ0n) is 12.4. The molecule has 0 aromatic heterocycles. The van der Waals surface area contributed by atoms with Gasteiger partial charge in [0, 0.05) is 19.6 Å². The Hall–Kier alpha value is -0.120. The lowest BCUT2D eigenvalue weighted by molar-refractivity contribution is -0.127. The van der Waals surface area contributed by atoms with Crippen molar-refractivity contribution in [2.45, 2.75) is 45.3 Å². The topological polar surface area (TPSA) is 47.9 Å². The molecule has 0 aliphatic carbocycles. The summed E-state index contributed by atoms with van der Waals surface area (Å²) in [6, 6.07) is 0. The van der Waals surface area contributed by atoms with Gasteiger partial charge in [0.25, 0.3) is 0 Å². The lowest BCUT2D eigenvalue weighted by Crippen LogP contribution is -2.21. The highest BCUT2D eigenvalue weighted by atomic mass is 79.9. The van der Waals surface area contributed by atoms with Crippen molar-refractivity contribution in [3.63, 3.8) is 0 Å². The smallest absolute Gasteiger partial charge is 0.168 e. The SMILES string of the molecule is CCCCC#CCOC(CBr)OCCOCCCCO. The molecule has 20 heavy (non-hydrogen) atoms. The molecule has 5 heteroatoms. The van der Waals surface area contributed by atoms with Crippen molar-refractivity contribution in [2.24, 2.45) is 0 Å². The van der Waals surface area contributed by atoms with Crippen molar-refractivity contribution in [3.8, 4) is 11.8 Å². The Labute approximate surface area is 131 Å². The highest BCUT2D eigenvalue weighted by Gasteiger charge is 2.06. The largest absolute Gasteiger partial charge is 0.396 e. The zero-order chi connectivity index (χ0) is 14.9. The Kier molecular flexibility index (Phi) is 16.8. The number of ether oxygens (including phenoxy) is 3. The summed E-state index contributed by atoms with van der Waals surface area (Å²) in [4.78, 5) is 0. The first-order valence-electron chi connectivity index (χ1n) is 7.28. The van der Waals surface area contributed by atoms with Crippen molar-refractivity contribution in [1.29, 1.82) is 0 Å². The number of unbranched alkanes of at least 4 members (excludes halogenated alkanes) is 3. The molecule has 0 saturated heterocycles. The lowest BCUT2D eigenvalue weighted by Gasteiger charge is -2.14. The van der Waals surface area contributed by atoms with E-state index in [1.807, 2.05) is 0 Å². The molecule has 1 unspecified atom stereocenters. The van der Waals surface area contributed by atoms with Crippen LogP contribution in [0, 0.1) is 11.8 Å². The van der Waals surface area contributed by atoms with Crippen LogP contribution in [0.2, 0.25) is 0 Å². The van der Waals surface area contributed by atoms with Gasteiger partial charge in [-0.1, -0.05) is 35.2 Å². The summed E-state index contributed by atoms with van der Waals surface area (Å²) in [5, 5.41) is 9.23. The Morgan fingerprint density at radius 2 is 1.90 bits per heavy atom. The molecule has 0 spiro atoms. The van der Waals surface area contributed by atoms with Gasteiger partial charge >= 0.3 is 0 Å². The van der Waals surface area contributed by atoms with Crippen molar-refractivity contribution < 1.29 is 19.3 Å². The molecule has 0 aromatic carbocycles. The van der Waals surface area contributed by atoms with E-state index in [2.05, 4.69) is 34.7 Å². The second kappa shape index (κ2) is 16.9. The van der Waals surface area contributed by atoms with Crippen LogP contribution in [0.25, 0.3) is 0 Å². The maximum absolute atomic E-state index is 8.61. The fourth-order valence-corrected chi connectivity index (χ4v) is 1.71. The third-order valence-corrected chi connectivity index (χ3v) is 3.00. The number of rotatable bonds is 13. The summed E-state index contributed by atoms with van der Waals surface area (Å²) in [6.45, 7) is 4.47. The summed E-state index contributed by atoms with van der Waals surface area (Å²) in [5.74, 6) is 6.05. The van der Waals surface area contributed by atoms with E-state index in [-0.39, 0.29) is 12.9 Å². The van der Waals surface area contributed by atoms with Gasteiger partial charge in [-0.05, 0) is 19.3 Å². The fraction of sp³-hybridized carbons (Fsp3) is 0.867. The first-order valence-corrected chi connectivity index (χ1v) is 8.40. The van der Waals surface area contributed by atoms with E-state index >= 15 is 0 Å². The van der Waals surface area contributed by atoms with E-state index in [0.29, 0.717) is 31.8 Å². The van der Waals surface area contributed by atoms with Crippen molar-refractivity contribution in [1.82, 2.24) is 0 Å². The van der Waals surface area contributed by atoms with Gasteiger partial charge in [0.15, 0.2) is 6.29 Å². The number of halogens is 1.